The molecule has 0 saturated carbocycles. The number of hydrogen-bond acceptors (Lipinski definition) is 6. The van der Waals surface area contributed by atoms with Crippen LogP contribution in [0.3, 0.4) is 0 Å². The van der Waals surface area contributed by atoms with Crippen molar-refractivity contribution in [2.75, 3.05) is 6.54 Å². The Morgan fingerprint density at radius 1 is 1.40 bits per heavy atom. The number of nitrogens with one attached hydrogen (secondary N) is 2. The van der Waals surface area contributed by atoms with E-state index in [1.165, 1.54) is 11.8 Å². The maximum absolute atomic E-state index is 5.82. The molecule has 0 bridgehead atoms. The molecule has 0 aromatic heterocycles. The van der Waals surface area contributed by atoms with Crippen LogP contribution in [0.4, 0.5) is 0 Å². The maximum atomic E-state index is 5.82. The first-order valence-electron chi connectivity index (χ1n) is 5.73. The molecule has 0 radical (unpaired) electrons. The quantitative estimate of drug-likeness (QED) is 0.185. The molecule has 0 aromatic carbocycles. The van der Waals surface area contributed by atoms with Gasteiger partial charge < -0.3 is 46.9 Å². The van der Waals surface area contributed by atoms with E-state index in [2.05, 4.69) is 10.6 Å². The van der Waals surface area contributed by atoms with Gasteiger partial charge in [0.2, 0.25) is 0 Å². The summed E-state index contributed by atoms with van der Waals surface area (Å²) in [6, 6.07) is 1.09. The van der Waals surface area contributed by atoms with E-state index in [0.717, 1.165) is 6.04 Å². The summed E-state index contributed by atoms with van der Waals surface area (Å²) in [5.41, 5.74) is 10.8. The zero-order valence-corrected chi connectivity index (χ0v) is 19.0. The summed E-state index contributed by atoms with van der Waals surface area (Å²) in [6.07, 6.45) is 0. The first-order chi connectivity index (χ1) is 8.44. The third kappa shape index (κ3) is 27.3. The number of thioether (sulfide) groups is 1. The van der Waals surface area contributed by atoms with E-state index in [1.807, 2.05) is 34.6 Å². The molecule has 0 aliphatic heterocycles. The second kappa shape index (κ2) is 13.5. The van der Waals surface area contributed by atoms with E-state index in [-0.39, 0.29) is 30.4 Å². The van der Waals surface area contributed by atoms with E-state index >= 15 is 0 Å². The maximum Gasteiger partial charge on any atom is 2.00 e. The summed E-state index contributed by atoms with van der Waals surface area (Å²) in [7, 11) is 0. The van der Waals surface area contributed by atoms with E-state index in [1.54, 1.807) is 0 Å². The Morgan fingerprint density at radius 2 is 1.80 bits per heavy atom. The van der Waals surface area contributed by atoms with Crippen molar-refractivity contribution in [3.63, 3.8) is 0 Å². The molecule has 9 heteroatoms. The van der Waals surface area contributed by atoms with E-state index in [4.69, 9.17) is 48.5 Å². The first kappa shape index (κ1) is 25.8. The minimum absolute atomic E-state index is 0. The van der Waals surface area contributed by atoms with Crippen LogP contribution in [0.25, 0.3) is 0 Å². The molecule has 6 N–H and O–H groups in total. The number of rotatable bonds is 4. The van der Waals surface area contributed by atoms with Gasteiger partial charge in [0.05, 0.1) is 4.87 Å². The molecule has 0 spiro atoms. The molecule has 0 heterocycles. The Morgan fingerprint density at radius 3 is 2.10 bits per heavy atom. The first-order valence-corrected chi connectivity index (χ1v) is 7.77. The molecule has 0 aromatic rings. The summed E-state index contributed by atoms with van der Waals surface area (Å²) in [5, 5.41) is 6.03. The zero-order valence-electron chi connectivity index (χ0n) is 12.8. The molecule has 1 unspecified atom stereocenters. The van der Waals surface area contributed by atoms with Crippen molar-refractivity contribution in [1.82, 2.24) is 10.6 Å². The van der Waals surface area contributed by atoms with Crippen molar-refractivity contribution < 1.29 is 19.5 Å². The average molecular weight is 406 g/mol. The van der Waals surface area contributed by atoms with E-state index in [0.29, 0.717) is 15.2 Å². The van der Waals surface area contributed by atoms with Crippen molar-refractivity contribution >= 4 is 57.5 Å². The minimum atomic E-state index is -0.357. The molecule has 0 aliphatic carbocycles. The van der Waals surface area contributed by atoms with Crippen molar-refractivity contribution in [2.45, 2.75) is 45.5 Å². The molecule has 0 aliphatic rings. The van der Waals surface area contributed by atoms with Gasteiger partial charge in [0.15, 0.2) is 0 Å². The molecule has 1 atom stereocenters. The van der Waals surface area contributed by atoms with Crippen molar-refractivity contribution in [1.29, 1.82) is 0 Å². The van der Waals surface area contributed by atoms with Crippen molar-refractivity contribution in [3.05, 3.63) is 6.04 Å². The second-order valence-electron chi connectivity index (χ2n) is 4.78. The van der Waals surface area contributed by atoms with E-state index < -0.39 is 0 Å². The molecule has 4 nitrogen and oxygen atoms in total. The molecule has 0 amide bonds. The third-order valence-electron chi connectivity index (χ3n) is 1.27. The molecular formula is C11H24N4S4Zn. The van der Waals surface area contributed by atoms with Crippen LogP contribution in [0.1, 0.15) is 34.6 Å². The molecule has 0 rings (SSSR count). The van der Waals surface area contributed by atoms with Crippen LogP contribution in [0, 0.1) is 6.04 Å². The van der Waals surface area contributed by atoms with Crippen LogP contribution >= 0.6 is 36.2 Å². The standard InChI is InChI=1S/C8H17N3S4.C3H8N.Zn/c1-5(4-10-6(12)13)11-7(14)15-8(2,3)9;1-3(2)4;/h5H,4,9H2,1-3H3,(H,11,14)(H2,10,12,13);4H2,1-2H3;/q;-1;+2/p-1. The summed E-state index contributed by atoms with van der Waals surface area (Å²) >= 11 is 16.0. The molecule has 20 heavy (non-hydrogen) atoms. The van der Waals surface area contributed by atoms with Gasteiger partial charge in [-0.05, 0) is 20.8 Å². The van der Waals surface area contributed by atoms with Gasteiger partial charge in [0.1, 0.15) is 4.32 Å². The van der Waals surface area contributed by atoms with Crippen LogP contribution in [-0.4, -0.2) is 26.1 Å². The Hall–Kier alpha value is 0.893. The van der Waals surface area contributed by atoms with Gasteiger partial charge in [-0.2, -0.15) is 13.8 Å². The molecule has 0 fully saturated rings. The number of thiocarbonyl (C=S) groups is 2. The molecule has 114 valence electrons. The fraction of sp³-hybridized carbons (Fsp3) is 0.727. The van der Waals surface area contributed by atoms with Gasteiger partial charge in [0.25, 0.3) is 0 Å². The van der Waals surface area contributed by atoms with Crippen LogP contribution in [-0.2, 0) is 32.1 Å². The zero-order chi connectivity index (χ0) is 15.6. The van der Waals surface area contributed by atoms with Crippen LogP contribution in [0.15, 0.2) is 0 Å². The van der Waals surface area contributed by atoms with Gasteiger partial charge in [-0.25, -0.2) is 0 Å². The molecule has 0 saturated heterocycles. The SMILES string of the molecule is CC(CNC(=S)[S-])NC(=S)SC(C)(C)N.C[C-](C)N.[Zn+2]. The largest absolute Gasteiger partial charge is 2.00 e. The smallest absolute Gasteiger partial charge is 0.481 e. The summed E-state index contributed by atoms with van der Waals surface area (Å²) in [5.74, 6) is 0. The normalized spacial score (nSPS) is 11.6. The summed E-state index contributed by atoms with van der Waals surface area (Å²) in [6.45, 7) is 10.2. The van der Waals surface area contributed by atoms with Gasteiger partial charge in [0, 0.05) is 12.6 Å². The predicted molar refractivity (Wildman–Crippen MR) is 97.8 cm³/mol. The third-order valence-corrected chi connectivity index (χ3v) is 2.76. The fourth-order valence-electron chi connectivity index (χ4n) is 0.757. The topological polar surface area (TPSA) is 76.1 Å². The second-order valence-corrected chi connectivity index (χ2v) is 8.19. The van der Waals surface area contributed by atoms with Gasteiger partial charge >= 0.3 is 19.5 Å². The Bertz CT molecular complexity index is 279. The van der Waals surface area contributed by atoms with Crippen LogP contribution in [0.2, 0.25) is 0 Å². The van der Waals surface area contributed by atoms with E-state index in [9.17, 15) is 0 Å². The summed E-state index contributed by atoms with van der Waals surface area (Å²) < 4.78 is 1.06. The fourth-order valence-corrected chi connectivity index (χ4v) is 2.51. The Kier molecular flexibility index (Phi) is 17.5. The predicted octanol–water partition coefficient (Wildman–Crippen LogP) is 1.61. The van der Waals surface area contributed by atoms with Crippen LogP contribution < -0.4 is 22.1 Å². The Balaban J connectivity index is -0.000000508. The average Bonchev–Trinajstić information content (AvgIpc) is 2.10. The Labute approximate surface area is 156 Å². The number of nitrogens with two attached hydrogens (primary N) is 2. The van der Waals surface area contributed by atoms with Crippen LogP contribution in [0.5, 0.6) is 0 Å². The van der Waals surface area contributed by atoms with Crippen molar-refractivity contribution in [3.8, 4) is 0 Å². The van der Waals surface area contributed by atoms with Crippen molar-refractivity contribution in [2.24, 2.45) is 11.5 Å². The monoisotopic (exact) mass is 404 g/mol. The molecular weight excluding hydrogens is 382 g/mol. The van der Waals surface area contributed by atoms with Gasteiger partial charge in [-0.15, -0.1) is 0 Å². The van der Waals surface area contributed by atoms with Gasteiger partial charge in [-0.3, -0.25) is 6.04 Å². The van der Waals surface area contributed by atoms with Gasteiger partial charge in [-0.1, -0.05) is 28.3 Å². The number of hydrogen-bond donors (Lipinski definition) is 4. The minimum Gasteiger partial charge on any atom is -0.481 e. The summed E-state index contributed by atoms with van der Waals surface area (Å²) in [4.78, 5) is -0.357.